The first kappa shape index (κ1) is 27.7. The first-order chi connectivity index (χ1) is 21.5. The third-order valence-corrected chi connectivity index (χ3v) is 8.81. The highest BCUT2D eigenvalue weighted by Crippen LogP contribution is 2.37. The predicted molar refractivity (Wildman–Crippen MR) is 179 cm³/mol. The van der Waals surface area contributed by atoms with Crippen molar-refractivity contribution in [3.8, 4) is 33.9 Å². The SMILES string of the molecule is CC1CCC(=O)N(C)c2ccc(-c3ccc(-c4nc(C5=CC=C(c6ccccc6)CC5)nc(-c5ccccc5)n4)cc3)cc21. The van der Waals surface area contributed by atoms with Crippen LogP contribution in [0.1, 0.15) is 55.5 Å². The first-order valence-corrected chi connectivity index (χ1v) is 15.3. The van der Waals surface area contributed by atoms with Crippen molar-refractivity contribution in [1.82, 2.24) is 15.0 Å². The lowest BCUT2D eigenvalue weighted by Gasteiger charge is -2.20. The zero-order valence-electron chi connectivity index (χ0n) is 25.1. The number of amides is 1. The zero-order valence-corrected chi connectivity index (χ0v) is 25.1. The van der Waals surface area contributed by atoms with Crippen LogP contribution in [0.4, 0.5) is 5.69 Å². The molecule has 1 aliphatic heterocycles. The lowest BCUT2D eigenvalue weighted by atomic mass is 9.92. The van der Waals surface area contributed by atoms with E-state index in [1.807, 2.05) is 37.4 Å². The average Bonchev–Trinajstić information content (AvgIpc) is 3.20. The standard InChI is InChI=1S/C39H34N4O/c1-26-13-24-36(44)43(2)35-23-22-33(25-34(26)35)29-16-20-32(21-17-29)39-41-37(30-11-7-4-8-12-30)40-38(42-39)31-18-14-28(15-19-31)27-9-5-3-6-10-27/h3-12,14,16-18,20-23,25-26H,13,15,19,24H2,1-2H3. The smallest absolute Gasteiger partial charge is 0.226 e. The first-order valence-electron chi connectivity index (χ1n) is 15.3. The summed E-state index contributed by atoms with van der Waals surface area (Å²) in [6.07, 6.45) is 7.61. The Kier molecular flexibility index (Phi) is 7.45. The van der Waals surface area contributed by atoms with Gasteiger partial charge in [0.1, 0.15) is 0 Å². The summed E-state index contributed by atoms with van der Waals surface area (Å²) in [7, 11) is 1.88. The molecule has 1 amide bonds. The maximum absolute atomic E-state index is 12.5. The van der Waals surface area contributed by atoms with E-state index in [2.05, 4.69) is 91.9 Å². The van der Waals surface area contributed by atoms with Crippen LogP contribution >= 0.6 is 0 Å². The Labute approximate surface area is 258 Å². The van der Waals surface area contributed by atoms with Crippen LogP contribution < -0.4 is 4.90 Å². The highest BCUT2D eigenvalue weighted by molar-refractivity contribution is 5.95. The molecule has 4 aromatic carbocycles. The van der Waals surface area contributed by atoms with Crippen molar-refractivity contribution in [3.63, 3.8) is 0 Å². The Balaban J connectivity index is 1.24. The molecule has 2 aliphatic rings. The zero-order chi connectivity index (χ0) is 30.0. The van der Waals surface area contributed by atoms with Gasteiger partial charge in [0.15, 0.2) is 17.5 Å². The summed E-state index contributed by atoms with van der Waals surface area (Å²) >= 11 is 0. The number of allylic oxidation sites excluding steroid dienone is 4. The number of carbonyl (C=O) groups is 1. The van der Waals surface area contributed by atoms with E-state index in [0.29, 0.717) is 24.0 Å². The quantitative estimate of drug-likeness (QED) is 0.210. The number of anilines is 1. The number of hydrogen-bond acceptors (Lipinski definition) is 4. The molecule has 44 heavy (non-hydrogen) atoms. The van der Waals surface area contributed by atoms with Crippen molar-refractivity contribution in [3.05, 3.63) is 132 Å². The van der Waals surface area contributed by atoms with Crippen LogP contribution in [-0.4, -0.2) is 27.9 Å². The number of benzene rings is 4. The van der Waals surface area contributed by atoms with Gasteiger partial charge in [-0.25, -0.2) is 15.0 Å². The molecule has 0 spiro atoms. The highest BCUT2D eigenvalue weighted by atomic mass is 16.2. The Morgan fingerprint density at radius 1 is 0.591 bits per heavy atom. The van der Waals surface area contributed by atoms with E-state index in [1.54, 1.807) is 4.90 Å². The van der Waals surface area contributed by atoms with Crippen molar-refractivity contribution >= 4 is 22.7 Å². The van der Waals surface area contributed by atoms with Gasteiger partial charge in [-0.05, 0) is 70.7 Å². The van der Waals surface area contributed by atoms with Gasteiger partial charge in [-0.1, -0.05) is 110 Å². The van der Waals surface area contributed by atoms with Gasteiger partial charge in [0.05, 0.1) is 0 Å². The van der Waals surface area contributed by atoms with Crippen LogP contribution in [0.2, 0.25) is 0 Å². The van der Waals surface area contributed by atoms with Gasteiger partial charge in [-0.3, -0.25) is 4.79 Å². The van der Waals surface area contributed by atoms with Gasteiger partial charge < -0.3 is 4.90 Å². The normalized spacial score (nSPS) is 16.5. The number of aromatic nitrogens is 3. The Morgan fingerprint density at radius 2 is 1.14 bits per heavy atom. The molecule has 0 N–H and O–H groups in total. The molecule has 0 saturated carbocycles. The second kappa shape index (κ2) is 11.8. The summed E-state index contributed by atoms with van der Waals surface area (Å²) in [5.41, 5.74) is 10.1. The summed E-state index contributed by atoms with van der Waals surface area (Å²) in [5, 5.41) is 0. The van der Waals surface area contributed by atoms with Gasteiger partial charge in [0, 0.05) is 30.3 Å². The minimum atomic E-state index is 0.177. The molecule has 7 rings (SSSR count). The van der Waals surface area contributed by atoms with E-state index in [-0.39, 0.29) is 5.91 Å². The molecule has 1 atom stereocenters. The highest BCUT2D eigenvalue weighted by Gasteiger charge is 2.24. The minimum Gasteiger partial charge on any atom is -0.315 e. The second-order valence-corrected chi connectivity index (χ2v) is 11.7. The van der Waals surface area contributed by atoms with E-state index < -0.39 is 0 Å². The van der Waals surface area contributed by atoms with Gasteiger partial charge in [-0.2, -0.15) is 0 Å². The summed E-state index contributed by atoms with van der Waals surface area (Å²) in [5.74, 6) is 2.56. The number of rotatable bonds is 5. The van der Waals surface area contributed by atoms with E-state index >= 15 is 0 Å². The van der Waals surface area contributed by atoms with Crippen molar-refractivity contribution < 1.29 is 4.79 Å². The molecule has 5 aromatic rings. The fourth-order valence-electron chi connectivity index (χ4n) is 6.12. The second-order valence-electron chi connectivity index (χ2n) is 11.7. The Hall–Kier alpha value is -5.16. The molecule has 1 unspecified atom stereocenters. The van der Waals surface area contributed by atoms with Gasteiger partial charge in [-0.15, -0.1) is 0 Å². The number of carbonyl (C=O) groups excluding carboxylic acids is 1. The average molecular weight is 575 g/mol. The Bertz CT molecular complexity index is 1890. The maximum Gasteiger partial charge on any atom is 0.226 e. The van der Waals surface area contributed by atoms with Crippen LogP contribution in [0.25, 0.3) is 45.0 Å². The van der Waals surface area contributed by atoms with Gasteiger partial charge in [0.2, 0.25) is 5.91 Å². The molecule has 5 nitrogen and oxygen atoms in total. The lowest BCUT2D eigenvalue weighted by molar-refractivity contribution is -0.118. The van der Waals surface area contributed by atoms with Crippen LogP contribution in [-0.2, 0) is 4.79 Å². The summed E-state index contributed by atoms with van der Waals surface area (Å²) in [6.45, 7) is 2.21. The van der Waals surface area contributed by atoms with Crippen molar-refractivity contribution in [2.24, 2.45) is 0 Å². The van der Waals surface area contributed by atoms with Crippen molar-refractivity contribution in [2.45, 2.75) is 38.5 Å². The summed E-state index contributed by atoms with van der Waals surface area (Å²) < 4.78 is 0. The maximum atomic E-state index is 12.5. The third-order valence-electron chi connectivity index (χ3n) is 8.81. The monoisotopic (exact) mass is 574 g/mol. The number of nitrogens with zero attached hydrogens (tertiary/aromatic N) is 4. The van der Waals surface area contributed by atoms with Crippen molar-refractivity contribution in [1.29, 1.82) is 0 Å². The molecule has 0 saturated heterocycles. The van der Waals surface area contributed by atoms with Crippen LogP contribution in [0.3, 0.4) is 0 Å². The van der Waals surface area contributed by atoms with Crippen LogP contribution in [0.5, 0.6) is 0 Å². The largest absolute Gasteiger partial charge is 0.315 e. The van der Waals surface area contributed by atoms with E-state index in [9.17, 15) is 4.79 Å². The number of fused-ring (bicyclic) bond motifs is 1. The minimum absolute atomic E-state index is 0.177. The molecular formula is C39H34N4O. The fraction of sp³-hybridized carbons (Fsp3) is 0.179. The molecule has 216 valence electrons. The van der Waals surface area contributed by atoms with E-state index in [4.69, 9.17) is 15.0 Å². The summed E-state index contributed by atoms with van der Waals surface area (Å²) in [4.78, 5) is 29.1. The molecule has 2 heterocycles. The van der Waals surface area contributed by atoms with Gasteiger partial charge in [0.25, 0.3) is 0 Å². The van der Waals surface area contributed by atoms with Gasteiger partial charge >= 0.3 is 0 Å². The number of hydrogen-bond donors (Lipinski definition) is 0. The summed E-state index contributed by atoms with van der Waals surface area (Å²) in [6, 6.07) is 35.5. The molecule has 0 fully saturated rings. The topological polar surface area (TPSA) is 59.0 Å². The Morgan fingerprint density at radius 3 is 1.80 bits per heavy atom. The lowest BCUT2D eigenvalue weighted by Crippen LogP contribution is -2.24. The molecule has 0 bridgehead atoms. The fourth-order valence-corrected chi connectivity index (χ4v) is 6.12. The third kappa shape index (κ3) is 5.49. The molecule has 1 aliphatic carbocycles. The van der Waals surface area contributed by atoms with Crippen LogP contribution in [0.15, 0.2) is 115 Å². The van der Waals surface area contributed by atoms with E-state index in [1.165, 1.54) is 16.7 Å². The predicted octanol–water partition coefficient (Wildman–Crippen LogP) is 8.99. The molecule has 1 aromatic heterocycles. The molecule has 0 radical (unpaired) electrons. The molecule has 5 heteroatoms. The van der Waals surface area contributed by atoms with Crippen molar-refractivity contribution in [2.75, 3.05) is 11.9 Å². The van der Waals surface area contributed by atoms with Crippen LogP contribution in [0, 0.1) is 0 Å². The van der Waals surface area contributed by atoms with E-state index in [0.717, 1.165) is 58.6 Å². The molecular weight excluding hydrogens is 540 g/mol.